The maximum atomic E-state index is 12.6. The molecule has 1 aliphatic heterocycles. The van der Waals surface area contributed by atoms with Crippen LogP contribution in [0.5, 0.6) is 5.75 Å². The van der Waals surface area contributed by atoms with Crippen LogP contribution in [0.4, 0.5) is 13.2 Å². The molecule has 1 aromatic rings. The lowest BCUT2D eigenvalue weighted by atomic mass is 9.87. The minimum atomic E-state index is -4.99. The summed E-state index contributed by atoms with van der Waals surface area (Å²) in [5, 5.41) is 0. The van der Waals surface area contributed by atoms with E-state index in [1.165, 1.54) is 12.1 Å². The van der Waals surface area contributed by atoms with Gasteiger partial charge in [0.1, 0.15) is 10.6 Å². The summed E-state index contributed by atoms with van der Waals surface area (Å²) in [6, 6.07) is 4.20. The van der Waals surface area contributed by atoms with E-state index in [0.717, 1.165) is 44.2 Å². The zero-order valence-electron chi connectivity index (χ0n) is 16.0. The number of ether oxygens (including phenoxy) is 1. The standard InChI is InChI=1S/C19H25F3N2O4S/c20-19(21,22)28-16-8-4-5-9-17(16)29(26,27)23-15-10-12-24(13-11-15)18(25)14-6-2-1-3-7-14/h4-5,8-9,14-15,23H,1-3,6-7,10-13H2. The quantitative estimate of drug-likeness (QED) is 0.771. The average Bonchev–Trinajstić information content (AvgIpc) is 2.67. The van der Waals surface area contributed by atoms with Gasteiger partial charge in [-0.25, -0.2) is 13.1 Å². The fraction of sp³-hybridized carbons (Fsp3) is 0.632. The molecule has 1 amide bonds. The second kappa shape index (κ2) is 8.91. The number of hydrogen-bond acceptors (Lipinski definition) is 4. The van der Waals surface area contributed by atoms with E-state index in [0.29, 0.717) is 25.9 Å². The van der Waals surface area contributed by atoms with E-state index in [2.05, 4.69) is 9.46 Å². The molecule has 0 aromatic heterocycles. The minimum Gasteiger partial charge on any atom is -0.404 e. The minimum absolute atomic E-state index is 0.0587. The average molecular weight is 434 g/mol. The lowest BCUT2D eigenvalue weighted by Gasteiger charge is -2.35. The van der Waals surface area contributed by atoms with Gasteiger partial charge in [-0.15, -0.1) is 13.2 Å². The highest BCUT2D eigenvalue weighted by Crippen LogP contribution is 2.30. The van der Waals surface area contributed by atoms with Crippen LogP contribution in [0.1, 0.15) is 44.9 Å². The van der Waals surface area contributed by atoms with E-state index in [4.69, 9.17) is 0 Å². The van der Waals surface area contributed by atoms with Crippen molar-refractivity contribution >= 4 is 15.9 Å². The highest BCUT2D eigenvalue weighted by Gasteiger charge is 2.35. The molecule has 0 spiro atoms. The second-order valence-electron chi connectivity index (χ2n) is 7.55. The van der Waals surface area contributed by atoms with Gasteiger partial charge in [0.15, 0.2) is 0 Å². The van der Waals surface area contributed by atoms with Gasteiger partial charge in [-0.1, -0.05) is 31.4 Å². The predicted molar refractivity (Wildman–Crippen MR) is 99.6 cm³/mol. The van der Waals surface area contributed by atoms with Gasteiger partial charge in [0.05, 0.1) is 0 Å². The first-order valence-corrected chi connectivity index (χ1v) is 11.3. The van der Waals surface area contributed by atoms with Crippen LogP contribution in [0.15, 0.2) is 29.2 Å². The number of alkyl halides is 3. The van der Waals surface area contributed by atoms with Gasteiger partial charge < -0.3 is 9.64 Å². The molecule has 0 bridgehead atoms. The Labute approximate surface area is 168 Å². The highest BCUT2D eigenvalue weighted by atomic mass is 32.2. The Bertz CT molecular complexity index is 815. The molecular formula is C19H25F3N2O4S. The summed E-state index contributed by atoms with van der Waals surface area (Å²) in [5.74, 6) is -0.573. The third kappa shape index (κ3) is 5.85. The molecule has 1 heterocycles. The van der Waals surface area contributed by atoms with Crippen LogP contribution in [0.3, 0.4) is 0 Å². The number of likely N-dealkylation sites (tertiary alicyclic amines) is 1. The SMILES string of the molecule is O=C(C1CCCCC1)N1CCC(NS(=O)(=O)c2ccccc2OC(F)(F)F)CC1. The Morgan fingerprint density at radius 2 is 1.66 bits per heavy atom. The smallest absolute Gasteiger partial charge is 0.404 e. The maximum Gasteiger partial charge on any atom is 0.573 e. The summed E-state index contributed by atoms with van der Waals surface area (Å²) in [6.07, 6.45) is 0.935. The van der Waals surface area contributed by atoms with E-state index in [-0.39, 0.29) is 11.8 Å². The lowest BCUT2D eigenvalue weighted by Crippen LogP contribution is -2.48. The Hall–Kier alpha value is -1.81. The third-order valence-corrected chi connectivity index (χ3v) is 7.01. The molecule has 1 aliphatic carbocycles. The molecule has 3 rings (SSSR count). The van der Waals surface area contributed by atoms with Crippen molar-refractivity contribution in [2.75, 3.05) is 13.1 Å². The number of carbonyl (C=O) groups excluding carboxylic acids is 1. The number of hydrogen-bond donors (Lipinski definition) is 1. The summed E-state index contributed by atoms with van der Waals surface area (Å²) >= 11 is 0. The summed E-state index contributed by atoms with van der Waals surface area (Å²) < 4.78 is 69.3. The number of amides is 1. The number of benzene rings is 1. The monoisotopic (exact) mass is 434 g/mol. The van der Waals surface area contributed by atoms with Crippen LogP contribution in [0, 0.1) is 5.92 Å². The van der Waals surface area contributed by atoms with Gasteiger partial charge >= 0.3 is 6.36 Å². The Balaban J connectivity index is 1.61. The van der Waals surface area contributed by atoms with Crippen LogP contribution in [-0.2, 0) is 14.8 Å². The van der Waals surface area contributed by atoms with Crippen molar-refractivity contribution in [1.29, 1.82) is 0 Å². The van der Waals surface area contributed by atoms with Crippen molar-refractivity contribution in [3.63, 3.8) is 0 Å². The maximum absolute atomic E-state index is 12.6. The molecule has 0 unspecified atom stereocenters. The fourth-order valence-electron chi connectivity index (χ4n) is 3.99. The molecule has 162 valence electrons. The summed E-state index contributed by atoms with van der Waals surface area (Å²) in [6.45, 7) is 0.867. The molecule has 1 N–H and O–H groups in total. The van der Waals surface area contributed by atoms with E-state index >= 15 is 0 Å². The topological polar surface area (TPSA) is 75.7 Å². The molecule has 1 saturated carbocycles. The molecule has 10 heteroatoms. The Kier molecular flexibility index (Phi) is 6.72. The van der Waals surface area contributed by atoms with E-state index in [1.807, 2.05) is 0 Å². The molecule has 29 heavy (non-hydrogen) atoms. The van der Waals surface area contributed by atoms with Crippen LogP contribution in [-0.4, -0.2) is 44.7 Å². The number of rotatable bonds is 5. The van der Waals surface area contributed by atoms with Gasteiger partial charge in [0, 0.05) is 25.0 Å². The van der Waals surface area contributed by atoms with E-state index < -0.39 is 33.1 Å². The third-order valence-electron chi connectivity index (χ3n) is 5.45. The predicted octanol–water partition coefficient (Wildman–Crippen LogP) is 3.43. The zero-order valence-corrected chi connectivity index (χ0v) is 16.8. The number of piperidine rings is 1. The molecule has 6 nitrogen and oxygen atoms in total. The molecular weight excluding hydrogens is 409 g/mol. The number of nitrogens with zero attached hydrogens (tertiary/aromatic N) is 1. The highest BCUT2D eigenvalue weighted by molar-refractivity contribution is 7.89. The van der Waals surface area contributed by atoms with Crippen molar-refractivity contribution < 1.29 is 31.1 Å². The molecule has 2 fully saturated rings. The molecule has 2 aliphatic rings. The van der Waals surface area contributed by atoms with Crippen molar-refractivity contribution in [3.8, 4) is 5.75 Å². The van der Waals surface area contributed by atoms with Crippen LogP contribution >= 0.6 is 0 Å². The van der Waals surface area contributed by atoms with Gasteiger partial charge in [-0.3, -0.25) is 4.79 Å². The molecule has 1 aromatic carbocycles. The van der Waals surface area contributed by atoms with Crippen molar-refractivity contribution in [2.24, 2.45) is 5.92 Å². The number of carbonyl (C=O) groups is 1. The van der Waals surface area contributed by atoms with Crippen molar-refractivity contribution in [2.45, 2.75) is 62.2 Å². The number of para-hydroxylation sites is 1. The summed E-state index contributed by atoms with van der Waals surface area (Å²) in [4.78, 5) is 13.8. The first kappa shape index (κ1) is 21.9. The number of sulfonamides is 1. The van der Waals surface area contributed by atoms with Crippen molar-refractivity contribution in [3.05, 3.63) is 24.3 Å². The second-order valence-corrected chi connectivity index (χ2v) is 9.23. The van der Waals surface area contributed by atoms with E-state index in [1.54, 1.807) is 4.90 Å². The number of nitrogens with one attached hydrogen (secondary N) is 1. The lowest BCUT2D eigenvalue weighted by molar-refractivity contribution is -0.275. The normalized spacial score (nSPS) is 19.9. The fourth-order valence-corrected chi connectivity index (χ4v) is 5.42. The van der Waals surface area contributed by atoms with Crippen LogP contribution in [0.25, 0.3) is 0 Å². The molecule has 0 radical (unpaired) electrons. The molecule has 1 saturated heterocycles. The van der Waals surface area contributed by atoms with Gasteiger partial charge in [-0.2, -0.15) is 0 Å². The van der Waals surface area contributed by atoms with Gasteiger partial charge in [0.2, 0.25) is 15.9 Å². The van der Waals surface area contributed by atoms with E-state index in [9.17, 15) is 26.4 Å². The van der Waals surface area contributed by atoms with Gasteiger partial charge in [-0.05, 0) is 37.8 Å². The molecule has 0 atom stereocenters. The first-order chi connectivity index (χ1) is 13.7. The summed E-state index contributed by atoms with van der Waals surface area (Å²) in [5.41, 5.74) is 0. The van der Waals surface area contributed by atoms with Crippen LogP contribution in [0.2, 0.25) is 0 Å². The van der Waals surface area contributed by atoms with Gasteiger partial charge in [0.25, 0.3) is 0 Å². The Morgan fingerprint density at radius 3 is 2.28 bits per heavy atom. The van der Waals surface area contributed by atoms with Crippen molar-refractivity contribution in [1.82, 2.24) is 9.62 Å². The van der Waals surface area contributed by atoms with Crippen LogP contribution < -0.4 is 9.46 Å². The summed E-state index contributed by atoms with van der Waals surface area (Å²) in [7, 11) is -4.20. The first-order valence-electron chi connectivity index (χ1n) is 9.81. The number of halogens is 3. The largest absolute Gasteiger partial charge is 0.573 e. The zero-order chi connectivity index (χ0) is 21.1. The Morgan fingerprint density at radius 1 is 1.03 bits per heavy atom.